The zero-order valence-electron chi connectivity index (χ0n) is 9.97. The molecule has 0 bridgehead atoms. The van der Waals surface area contributed by atoms with Crippen LogP contribution in [0.2, 0.25) is 0 Å². The Morgan fingerprint density at radius 2 is 2.29 bits per heavy atom. The molecule has 0 aromatic carbocycles. The van der Waals surface area contributed by atoms with Crippen molar-refractivity contribution in [3.8, 4) is 0 Å². The third-order valence-electron chi connectivity index (χ3n) is 3.07. The molecule has 0 aromatic rings. The molecule has 1 aliphatic carbocycles. The Hall–Kier alpha value is -0.520. The van der Waals surface area contributed by atoms with Gasteiger partial charge in [0.05, 0.1) is 0 Å². The highest BCUT2D eigenvalue weighted by molar-refractivity contribution is 5.12. The van der Waals surface area contributed by atoms with E-state index in [-0.39, 0.29) is 0 Å². The third kappa shape index (κ3) is 4.13. The van der Waals surface area contributed by atoms with E-state index in [4.69, 9.17) is 0 Å². The Labute approximate surface area is 89.1 Å². The van der Waals surface area contributed by atoms with Crippen LogP contribution in [0.25, 0.3) is 0 Å². The average molecular weight is 192 g/mol. The molecule has 1 unspecified atom stereocenters. The highest BCUT2D eigenvalue weighted by atomic mass is 14.1. The number of hydrogen-bond acceptors (Lipinski definition) is 0. The lowest BCUT2D eigenvalue weighted by molar-refractivity contribution is 0.508. The molecule has 0 amide bonds. The lowest BCUT2D eigenvalue weighted by Crippen LogP contribution is -1.94. The van der Waals surface area contributed by atoms with E-state index >= 15 is 0 Å². The topological polar surface area (TPSA) is 0 Å². The first-order valence-electron chi connectivity index (χ1n) is 6.06. The molecule has 0 radical (unpaired) electrons. The van der Waals surface area contributed by atoms with Crippen LogP contribution in [0.4, 0.5) is 0 Å². The van der Waals surface area contributed by atoms with Gasteiger partial charge in [-0.05, 0) is 44.9 Å². The van der Waals surface area contributed by atoms with Crippen molar-refractivity contribution in [1.29, 1.82) is 0 Å². The number of hydrogen-bond donors (Lipinski definition) is 0. The van der Waals surface area contributed by atoms with Crippen molar-refractivity contribution >= 4 is 0 Å². The monoisotopic (exact) mass is 192 g/mol. The van der Waals surface area contributed by atoms with Crippen LogP contribution in [0.3, 0.4) is 0 Å². The maximum Gasteiger partial charge on any atom is -0.0136 e. The third-order valence-corrected chi connectivity index (χ3v) is 3.07. The summed E-state index contributed by atoms with van der Waals surface area (Å²) in [5, 5.41) is 0. The smallest absolute Gasteiger partial charge is 0.0136 e. The molecule has 0 spiro atoms. The lowest BCUT2D eigenvalue weighted by atomic mass is 9.97. The Balaban J connectivity index is 2.61. The summed E-state index contributed by atoms with van der Waals surface area (Å²) in [4.78, 5) is 0. The van der Waals surface area contributed by atoms with E-state index in [1.54, 1.807) is 11.1 Å². The first-order chi connectivity index (χ1) is 6.72. The van der Waals surface area contributed by atoms with E-state index in [9.17, 15) is 0 Å². The zero-order chi connectivity index (χ0) is 10.4. The minimum Gasteiger partial charge on any atom is -0.0853 e. The average Bonchev–Trinajstić information content (AvgIpc) is 2.19. The fourth-order valence-corrected chi connectivity index (χ4v) is 2.29. The molecule has 14 heavy (non-hydrogen) atoms. The minimum atomic E-state index is 0.882. The van der Waals surface area contributed by atoms with Gasteiger partial charge in [-0.15, -0.1) is 0 Å². The zero-order valence-corrected chi connectivity index (χ0v) is 9.97. The molecule has 1 rings (SSSR count). The molecule has 1 aliphatic rings. The van der Waals surface area contributed by atoms with Gasteiger partial charge in [-0.2, -0.15) is 0 Å². The summed E-state index contributed by atoms with van der Waals surface area (Å²) >= 11 is 0. The Kier molecular flexibility index (Phi) is 5.00. The summed E-state index contributed by atoms with van der Waals surface area (Å²) < 4.78 is 0. The molecule has 0 saturated carbocycles. The Morgan fingerprint density at radius 3 is 3.00 bits per heavy atom. The molecular formula is C14H24. The van der Waals surface area contributed by atoms with Crippen molar-refractivity contribution in [3.05, 3.63) is 23.3 Å². The Bertz CT molecular complexity index is 220. The maximum atomic E-state index is 2.43. The molecule has 0 aromatic heterocycles. The van der Waals surface area contributed by atoms with E-state index in [1.807, 2.05) is 0 Å². The van der Waals surface area contributed by atoms with Gasteiger partial charge in [-0.3, -0.25) is 0 Å². The van der Waals surface area contributed by atoms with E-state index in [1.165, 1.54) is 38.5 Å². The first-order valence-corrected chi connectivity index (χ1v) is 6.06. The molecule has 0 heteroatoms. The molecule has 0 fully saturated rings. The van der Waals surface area contributed by atoms with Crippen LogP contribution >= 0.6 is 0 Å². The molecule has 80 valence electrons. The minimum absolute atomic E-state index is 0.882. The summed E-state index contributed by atoms with van der Waals surface area (Å²) in [6, 6.07) is 0. The van der Waals surface area contributed by atoms with Crippen LogP contribution in [0, 0.1) is 5.92 Å². The summed E-state index contributed by atoms with van der Waals surface area (Å²) in [6.07, 6.45) is 12.6. The van der Waals surface area contributed by atoms with Crippen molar-refractivity contribution in [2.45, 2.75) is 59.3 Å². The molecule has 0 nitrogen and oxygen atoms in total. The highest BCUT2D eigenvalue weighted by Gasteiger charge is 2.07. The second-order valence-corrected chi connectivity index (χ2v) is 4.73. The van der Waals surface area contributed by atoms with Gasteiger partial charge in [0.2, 0.25) is 0 Å². The summed E-state index contributed by atoms with van der Waals surface area (Å²) in [6.45, 7) is 6.90. The molecule has 0 aliphatic heterocycles. The van der Waals surface area contributed by atoms with E-state index in [0.717, 1.165) is 5.92 Å². The van der Waals surface area contributed by atoms with Gasteiger partial charge in [0, 0.05) is 0 Å². The van der Waals surface area contributed by atoms with Crippen molar-refractivity contribution < 1.29 is 0 Å². The fraction of sp³-hybridized carbons (Fsp3) is 0.714. The molecule has 1 atom stereocenters. The standard InChI is InChI=1S/C14H24/c1-4-6-14-8-5-7-12(2)11-13(3)9-10-14/h6,9,12H,4-5,7-8,10-11H2,1-3H3/b13-9+,14-6+. The number of rotatable bonds is 1. The van der Waals surface area contributed by atoms with Crippen LogP contribution in [0.1, 0.15) is 59.3 Å². The lowest BCUT2D eigenvalue weighted by Gasteiger charge is -2.09. The normalized spacial score (nSPS) is 31.5. The van der Waals surface area contributed by atoms with Crippen LogP contribution in [-0.4, -0.2) is 0 Å². The summed E-state index contributed by atoms with van der Waals surface area (Å²) in [5.74, 6) is 0.882. The van der Waals surface area contributed by atoms with Gasteiger partial charge in [-0.1, -0.05) is 43.6 Å². The largest absolute Gasteiger partial charge is 0.0853 e. The molecule has 0 N–H and O–H groups in total. The van der Waals surface area contributed by atoms with Gasteiger partial charge in [0.25, 0.3) is 0 Å². The SMILES string of the molecule is CC/C=C1/C/C=C(\C)CC(C)CCC1. The maximum absolute atomic E-state index is 2.43. The first kappa shape index (κ1) is 11.6. The van der Waals surface area contributed by atoms with Crippen LogP contribution in [0.5, 0.6) is 0 Å². The fourth-order valence-electron chi connectivity index (χ4n) is 2.29. The van der Waals surface area contributed by atoms with Gasteiger partial charge in [0.1, 0.15) is 0 Å². The molecular weight excluding hydrogens is 168 g/mol. The van der Waals surface area contributed by atoms with E-state index < -0.39 is 0 Å². The van der Waals surface area contributed by atoms with Gasteiger partial charge in [-0.25, -0.2) is 0 Å². The Morgan fingerprint density at radius 1 is 1.50 bits per heavy atom. The van der Waals surface area contributed by atoms with Crippen molar-refractivity contribution in [2.75, 3.05) is 0 Å². The van der Waals surface area contributed by atoms with Crippen LogP contribution < -0.4 is 0 Å². The summed E-state index contributed by atoms with van der Waals surface area (Å²) in [7, 11) is 0. The highest BCUT2D eigenvalue weighted by Crippen LogP contribution is 2.24. The quantitative estimate of drug-likeness (QED) is 0.520. The van der Waals surface area contributed by atoms with Crippen LogP contribution in [-0.2, 0) is 0 Å². The number of allylic oxidation sites excluding steroid dienone is 4. The van der Waals surface area contributed by atoms with E-state index in [0.29, 0.717) is 0 Å². The van der Waals surface area contributed by atoms with E-state index in [2.05, 4.69) is 32.9 Å². The van der Waals surface area contributed by atoms with Crippen LogP contribution in [0.15, 0.2) is 23.3 Å². The van der Waals surface area contributed by atoms with Gasteiger partial charge < -0.3 is 0 Å². The van der Waals surface area contributed by atoms with Crippen molar-refractivity contribution in [3.63, 3.8) is 0 Å². The predicted molar refractivity (Wildman–Crippen MR) is 64.4 cm³/mol. The van der Waals surface area contributed by atoms with Crippen molar-refractivity contribution in [2.24, 2.45) is 5.92 Å². The molecule has 0 heterocycles. The predicted octanol–water partition coefficient (Wildman–Crippen LogP) is 4.87. The summed E-state index contributed by atoms with van der Waals surface area (Å²) in [5.41, 5.74) is 3.24. The second-order valence-electron chi connectivity index (χ2n) is 4.73. The van der Waals surface area contributed by atoms with Gasteiger partial charge in [0.15, 0.2) is 0 Å². The molecule has 0 saturated heterocycles. The van der Waals surface area contributed by atoms with Gasteiger partial charge >= 0.3 is 0 Å². The second kappa shape index (κ2) is 6.06. The van der Waals surface area contributed by atoms with Crippen molar-refractivity contribution in [1.82, 2.24) is 0 Å².